The first-order chi connectivity index (χ1) is 17.6. The normalized spacial score (nSPS) is 14.7. The molecule has 0 saturated carbocycles. The Hall–Kier alpha value is -4.08. The predicted molar refractivity (Wildman–Crippen MR) is 136 cm³/mol. The minimum Gasteiger partial charge on any atom is -0.378 e. The standard InChI is InChI=1S/C27H28F3N5O2/c1-33(2)23-9-7-20(8-10-23)26(37)32-22-17-31-35(18-22)24-12-14-34(15-13-24)25(36)11-6-19-4-3-5-21(16-19)27(28,29)30/h3-11,16-18,24H,12-15H2,1-2H3,(H,32,37)/b11-6+. The van der Waals surface area contributed by atoms with Gasteiger partial charge in [0.25, 0.3) is 5.91 Å². The molecule has 0 atom stereocenters. The van der Waals surface area contributed by atoms with Crippen molar-refractivity contribution in [3.63, 3.8) is 0 Å². The highest BCUT2D eigenvalue weighted by atomic mass is 19.4. The molecule has 194 valence electrons. The highest BCUT2D eigenvalue weighted by Gasteiger charge is 2.30. The molecule has 1 N–H and O–H groups in total. The van der Waals surface area contributed by atoms with Crippen molar-refractivity contribution in [2.24, 2.45) is 0 Å². The Morgan fingerprint density at radius 1 is 1.08 bits per heavy atom. The molecule has 4 rings (SSSR count). The number of rotatable bonds is 6. The Bertz CT molecular complexity index is 1270. The Labute approximate surface area is 213 Å². The van der Waals surface area contributed by atoms with Gasteiger partial charge < -0.3 is 15.1 Å². The van der Waals surface area contributed by atoms with Gasteiger partial charge in [-0.25, -0.2) is 0 Å². The molecule has 2 heterocycles. The molecule has 0 radical (unpaired) electrons. The molecule has 2 amide bonds. The SMILES string of the molecule is CN(C)c1ccc(C(=O)Nc2cnn(C3CCN(C(=O)/C=C/c4cccc(C(F)(F)F)c4)CC3)c2)cc1. The number of carbonyl (C=O) groups excluding carboxylic acids is 2. The molecular weight excluding hydrogens is 483 g/mol. The molecule has 0 bridgehead atoms. The lowest BCUT2D eigenvalue weighted by Gasteiger charge is -2.31. The fraction of sp³-hybridized carbons (Fsp3) is 0.296. The van der Waals surface area contributed by atoms with Gasteiger partial charge in [-0.15, -0.1) is 0 Å². The second-order valence-corrected chi connectivity index (χ2v) is 9.12. The molecular formula is C27H28F3N5O2. The highest BCUT2D eigenvalue weighted by molar-refractivity contribution is 6.04. The van der Waals surface area contributed by atoms with Crippen LogP contribution < -0.4 is 10.2 Å². The smallest absolute Gasteiger partial charge is 0.378 e. The number of likely N-dealkylation sites (tertiary alicyclic amines) is 1. The second kappa shape index (κ2) is 10.9. The van der Waals surface area contributed by atoms with Gasteiger partial charge in [-0.05, 0) is 60.9 Å². The lowest BCUT2D eigenvalue weighted by Crippen LogP contribution is -2.38. The van der Waals surface area contributed by atoms with E-state index in [0.717, 1.165) is 17.8 Å². The van der Waals surface area contributed by atoms with E-state index in [1.807, 2.05) is 31.1 Å². The Kier molecular flexibility index (Phi) is 7.66. The summed E-state index contributed by atoms with van der Waals surface area (Å²) in [5.41, 5.74) is 1.70. The van der Waals surface area contributed by atoms with E-state index in [4.69, 9.17) is 0 Å². The molecule has 3 aromatic rings. The van der Waals surface area contributed by atoms with E-state index >= 15 is 0 Å². The van der Waals surface area contributed by atoms with Crippen molar-refractivity contribution in [3.05, 3.63) is 83.7 Å². The van der Waals surface area contributed by atoms with Gasteiger partial charge in [0, 0.05) is 50.7 Å². The Morgan fingerprint density at radius 2 is 1.78 bits per heavy atom. The average Bonchev–Trinajstić information content (AvgIpc) is 3.35. The van der Waals surface area contributed by atoms with Crippen LogP contribution in [0.15, 0.2) is 67.0 Å². The number of nitrogens with one attached hydrogen (secondary N) is 1. The van der Waals surface area contributed by atoms with Crippen LogP contribution >= 0.6 is 0 Å². The second-order valence-electron chi connectivity index (χ2n) is 9.12. The number of amides is 2. The van der Waals surface area contributed by atoms with E-state index in [1.54, 1.807) is 34.1 Å². The van der Waals surface area contributed by atoms with Crippen LogP contribution in [0.1, 0.15) is 40.4 Å². The van der Waals surface area contributed by atoms with Crippen LogP contribution in [-0.4, -0.2) is 53.7 Å². The fourth-order valence-corrected chi connectivity index (χ4v) is 4.16. The summed E-state index contributed by atoms with van der Waals surface area (Å²) in [6.45, 7) is 0.992. The summed E-state index contributed by atoms with van der Waals surface area (Å²) in [7, 11) is 3.86. The van der Waals surface area contributed by atoms with Crippen molar-refractivity contribution in [2.45, 2.75) is 25.1 Å². The maximum absolute atomic E-state index is 12.9. The lowest BCUT2D eigenvalue weighted by molar-refractivity contribution is -0.137. The number of benzene rings is 2. The van der Waals surface area contributed by atoms with Crippen LogP contribution in [0.3, 0.4) is 0 Å². The van der Waals surface area contributed by atoms with Crippen molar-refractivity contribution in [1.82, 2.24) is 14.7 Å². The van der Waals surface area contributed by atoms with Crippen LogP contribution in [0.5, 0.6) is 0 Å². The zero-order valence-corrected chi connectivity index (χ0v) is 20.6. The number of aromatic nitrogens is 2. The molecule has 0 unspecified atom stereocenters. The number of nitrogens with zero attached hydrogens (tertiary/aromatic N) is 4. The number of piperidine rings is 1. The number of hydrogen-bond acceptors (Lipinski definition) is 4. The largest absolute Gasteiger partial charge is 0.416 e. The summed E-state index contributed by atoms with van der Waals surface area (Å²) in [4.78, 5) is 28.7. The minimum atomic E-state index is -4.43. The van der Waals surface area contributed by atoms with Gasteiger partial charge in [0.2, 0.25) is 5.91 Å². The van der Waals surface area contributed by atoms with Crippen LogP contribution in [0.2, 0.25) is 0 Å². The van der Waals surface area contributed by atoms with Crippen molar-refractivity contribution >= 4 is 29.3 Å². The fourth-order valence-electron chi connectivity index (χ4n) is 4.16. The minimum absolute atomic E-state index is 0.0709. The quantitative estimate of drug-likeness (QED) is 0.468. The molecule has 1 fully saturated rings. The van der Waals surface area contributed by atoms with Gasteiger partial charge in [0.15, 0.2) is 0 Å². The van der Waals surface area contributed by atoms with Crippen molar-refractivity contribution in [1.29, 1.82) is 0 Å². The molecule has 37 heavy (non-hydrogen) atoms. The lowest BCUT2D eigenvalue weighted by atomic mass is 10.0. The van der Waals surface area contributed by atoms with Crippen LogP contribution in [0, 0.1) is 0 Å². The average molecular weight is 512 g/mol. The Morgan fingerprint density at radius 3 is 2.43 bits per heavy atom. The van der Waals surface area contributed by atoms with Crippen LogP contribution in [0.25, 0.3) is 6.08 Å². The first-order valence-corrected chi connectivity index (χ1v) is 11.9. The predicted octanol–water partition coefficient (Wildman–Crippen LogP) is 5.10. The molecule has 0 spiro atoms. The molecule has 10 heteroatoms. The molecule has 1 saturated heterocycles. The van der Waals surface area contributed by atoms with E-state index < -0.39 is 11.7 Å². The van der Waals surface area contributed by atoms with Crippen LogP contribution in [0.4, 0.5) is 24.5 Å². The highest BCUT2D eigenvalue weighted by Crippen LogP contribution is 2.30. The molecule has 7 nitrogen and oxygen atoms in total. The summed E-state index contributed by atoms with van der Waals surface area (Å²) < 4.78 is 40.5. The summed E-state index contributed by atoms with van der Waals surface area (Å²) in [5.74, 6) is -0.470. The maximum atomic E-state index is 12.9. The van der Waals surface area contributed by atoms with Gasteiger partial charge in [-0.3, -0.25) is 14.3 Å². The summed E-state index contributed by atoms with van der Waals surface area (Å²) in [6.07, 6.45) is 3.00. The number of halogens is 3. The van der Waals surface area contributed by atoms with E-state index in [9.17, 15) is 22.8 Å². The van der Waals surface area contributed by atoms with Crippen molar-refractivity contribution in [2.75, 3.05) is 37.4 Å². The molecule has 1 aliphatic heterocycles. The van der Waals surface area contributed by atoms with Gasteiger partial charge in [0.1, 0.15) is 0 Å². The van der Waals surface area contributed by atoms with Gasteiger partial charge in [-0.2, -0.15) is 18.3 Å². The monoisotopic (exact) mass is 511 g/mol. The number of alkyl halides is 3. The molecule has 0 aliphatic carbocycles. The molecule has 2 aromatic carbocycles. The first-order valence-electron chi connectivity index (χ1n) is 11.9. The van der Waals surface area contributed by atoms with Gasteiger partial charge >= 0.3 is 6.18 Å². The van der Waals surface area contributed by atoms with E-state index in [0.29, 0.717) is 42.7 Å². The van der Waals surface area contributed by atoms with Crippen molar-refractivity contribution < 1.29 is 22.8 Å². The number of carbonyl (C=O) groups is 2. The third kappa shape index (κ3) is 6.58. The maximum Gasteiger partial charge on any atom is 0.416 e. The summed E-state index contributed by atoms with van der Waals surface area (Å²) in [6, 6.07) is 12.2. The summed E-state index contributed by atoms with van der Waals surface area (Å²) >= 11 is 0. The van der Waals surface area contributed by atoms with Crippen molar-refractivity contribution in [3.8, 4) is 0 Å². The third-order valence-corrected chi connectivity index (χ3v) is 6.29. The topological polar surface area (TPSA) is 70.5 Å². The van der Waals surface area contributed by atoms with E-state index in [-0.39, 0.29) is 17.9 Å². The number of anilines is 2. The van der Waals surface area contributed by atoms with Crippen LogP contribution in [-0.2, 0) is 11.0 Å². The molecule has 1 aliphatic rings. The molecule has 1 aromatic heterocycles. The third-order valence-electron chi connectivity index (χ3n) is 6.29. The first kappa shape index (κ1) is 26.0. The zero-order chi connectivity index (χ0) is 26.6. The van der Waals surface area contributed by atoms with E-state index in [2.05, 4.69) is 10.4 Å². The zero-order valence-electron chi connectivity index (χ0n) is 20.6. The Balaban J connectivity index is 1.29. The van der Waals surface area contributed by atoms with E-state index in [1.165, 1.54) is 24.3 Å². The number of hydrogen-bond donors (Lipinski definition) is 1. The summed E-state index contributed by atoms with van der Waals surface area (Å²) in [5, 5.41) is 7.24. The van der Waals surface area contributed by atoms with Gasteiger partial charge in [0.05, 0.1) is 23.5 Å². The van der Waals surface area contributed by atoms with Gasteiger partial charge in [-0.1, -0.05) is 12.1 Å².